The molecule has 130 valence electrons. The number of nitrogens with one attached hydrogen (secondary N) is 1. The van der Waals surface area contributed by atoms with Crippen molar-refractivity contribution in [3.63, 3.8) is 0 Å². The molecule has 27 heavy (non-hydrogen) atoms. The maximum absolute atomic E-state index is 4.31. The van der Waals surface area contributed by atoms with Crippen molar-refractivity contribution >= 4 is 33.1 Å². The Morgan fingerprint density at radius 1 is 0.852 bits per heavy atom. The lowest BCUT2D eigenvalue weighted by Crippen LogP contribution is -2.17. The summed E-state index contributed by atoms with van der Waals surface area (Å²) in [5.41, 5.74) is 8.08. The van der Waals surface area contributed by atoms with Crippen molar-refractivity contribution in [2.75, 3.05) is 4.90 Å². The van der Waals surface area contributed by atoms with E-state index in [1.54, 1.807) is 0 Å². The van der Waals surface area contributed by atoms with Gasteiger partial charge in [0.1, 0.15) is 0 Å². The summed E-state index contributed by atoms with van der Waals surface area (Å²) in [6.45, 7) is 6.46. The maximum Gasteiger partial charge on any atom is 0.0492 e. The molecule has 2 nitrogen and oxygen atoms in total. The number of para-hydroxylation sites is 1. The molecule has 0 saturated carbocycles. The van der Waals surface area contributed by atoms with E-state index < -0.39 is 0 Å². The molecule has 3 aromatic carbocycles. The molecule has 0 spiro atoms. The Balaban J connectivity index is 1.59. The number of hydrogen-bond donors (Lipinski definition) is 1. The third kappa shape index (κ3) is 2.58. The molecule has 0 amide bonds. The van der Waals surface area contributed by atoms with Crippen molar-refractivity contribution in [2.45, 2.75) is 6.92 Å². The van der Waals surface area contributed by atoms with Crippen LogP contribution in [0.3, 0.4) is 0 Å². The minimum atomic E-state index is 0.971. The largest absolute Gasteiger partial charge is 0.355 e. The molecule has 0 atom stereocenters. The van der Waals surface area contributed by atoms with Crippen LogP contribution in [0.5, 0.6) is 0 Å². The van der Waals surface area contributed by atoms with Crippen molar-refractivity contribution in [1.82, 2.24) is 4.98 Å². The Morgan fingerprint density at radius 3 is 2.44 bits per heavy atom. The van der Waals surface area contributed by atoms with Crippen molar-refractivity contribution < 1.29 is 0 Å². The number of H-pyrrole nitrogens is 1. The Kier molecular flexibility index (Phi) is 3.51. The van der Waals surface area contributed by atoms with Gasteiger partial charge >= 0.3 is 0 Å². The van der Waals surface area contributed by atoms with E-state index in [-0.39, 0.29) is 0 Å². The normalized spacial score (nSPS) is 14.2. The zero-order chi connectivity index (χ0) is 18.4. The first-order valence-electron chi connectivity index (χ1n) is 9.15. The highest BCUT2D eigenvalue weighted by atomic mass is 15.1. The summed E-state index contributed by atoms with van der Waals surface area (Å²) >= 11 is 0. The van der Waals surface area contributed by atoms with E-state index in [1.807, 2.05) is 6.07 Å². The number of hydrogen-bond acceptors (Lipinski definition) is 1. The molecule has 4 aromatic rings. The molecular formula is C25H20N2. The summed E-state index contributed by atoms with van der Waals surface area (Å²) in [4.78, 5) is 5.69. The minimum absolute atomic E-state index is 0.971. The third-order valence-corrected chi connectivity index (χ3v) is 5.22. The Labute approximate surface area is 158 Å². The van der Waals surface area contributed by atoms with Crippen molar-refractivity contribution in [3.8, 4) is 0 Å². The summed E-state index contributed by atoms with van der Waals surface area (Å²) in [5.74, 6) is 0. The molecular weight excluding hydrogens is 328 g/mol. The van der Waals surface area contributed by atoms with E-state index in [0.29, 0.717) is 0 Å². The lowest BCUT2D eigenvalue weighted by molar-refractivity contribution is 1.18. The van der Waals surface area contributed by atoms with E-state index in [1.165, 1.54) is 38.5 Å². The number of allylic oxidation sites excluding steroid dienone is 3. The highest BCUT2D eigenvalue weighted by Crippen LogP contribution is 2.35. The van der Waals surface area contributed by atoms with Gasteiger partial charge in [-0.05, 0) is 54.0 Å². The molecule has 0 aliphatic carbocycles. The lowest BCUT2D eigenvalue weighted by Gasteiger charge is -2.26. The van der Waals surface area contributed by atoms with Crippen molar-refractivity contribution in [1.29, 1.82) is 0 Å². The zero-order valence-electron chi connectivity index (χ0n) is 15.2. The number of rotatable bonds is 2. The van der Waals surface area contributed by atoms with E-state index in [4.69, 9.17) is 0 Å². The molecule has 2 heteroatoms. The number of aromatic amines is 1. The van der Waals surface area contributed by atoms with Crippen LogP contribution in [0.4, 0.5) is 5.69 Å². The zero-order valence-corrected chi connectivity index (χ0v) is 15.2. The van der Waals surface area contributed by atoms with Crippen LogP contribution in [0, 0.1) is 6.92 Å². The first kappa shape index (κ1) is 15.7. The molecule has 1 aliphatic heterocycles. The van der Waals surface area contributed by atoms with Crippen LogP contribution in [0.1, 0.15) is 11.1 Å². The number of nitrogens with zero attached hydrogens (tertiary/aromatic N) is 1. The van der Waals surface area contributed by atoms with E-state index in [0.717, 1.165) is 11.4 Å². The van der Waals surface area contributed by atoms with Gasteiger partial charge in [-0.3, -0.25) is 0 Å². The Hall–Kier alpha value is -3.52. The van der Waals surface area contributed by atoms with E-state index >= 15 is 0 Å². The Morgan fingerprint density at radius 2 is 1.63 bits per heavy atom. The second-order valence-corrected chi connectivity index (χ2v) is 7.00. The summed E-state index contributed by atoms with van der Waals surface area (Å²) in [7, 11) is 0. The molecule has 2 heterocycles. The fourth-order valence-electron chi connectivity index (χ4n) is 3.85. The SMILES string of the molecule is C=C1C=C(c2ccccc2)C=CN1c1cc2c(cc1C)[nH]c1ccccc12. The van der Waals surface area contributed by atoms with Gasteiger partial charge in [0.25, 0.3) is 0 Å². The van der Waals surface area contributed by atoms with Crippen LogP contribution in [-0.4, -0.2) is 4.98 Å². The fourth-order valence-corrected chi connectivity index (χ4v) is 3.85. The summed E-state index contributed by atoms with van der Waals surface area (Å²) in [6, 6.07) is 23.4. The average molecular weight is 348 g/mol. The van der Waals surface area contributed by atoms with Gasteiger partial charge in [-0.25, -0.2) is 0 Å². The number of aromatic nitrogens is 1. The third-order valence-electron chi connectivity index (χ3n) is 5.22. The fraction of sp³-hybridized carbons (Fsp3) is 0.0400. The molecule has 1 aromatic heterocycles. The topological polar surface area (TPSA) is 19.0 Å². The van der Waals surface area contributed by atoms with Crippen molar-refractivity contribution in [2.24, 2.45) is 0 Å². The van der Waals surface area contributed by atoms with Gasteiger partial charge in [-0.15, -0.1) is 0 Å². The van der Waals surface area contributed by atoms with Crippen LogP contribution >= 0.6 is 0 Å². The number of fused-ring (bicyclic) bond motifs is 3. The second-order valence-electron chi connectivity index (χ2n) is 7.00. The number of benzene rings is 3. The molecule has 5 rings (SSSR count). The number of aryl methyl sites for hydroxylation is 1. The molecule has 0 radical (unpaired) electrons. The van der Waals surface area contributed by atoms with Gasteiger partial charge in [0, 0.05) is 39.4 Å². The predicted octanol–water partition coefficient (Wildman–Crippen LogP) is 6.56. The summed E-state index contributed by atoms with van der Waals surface area (Å²) in [5, 5.41) is 2.49. The highest BCUT2D eigenvalue weighted by molar-refractivity contribution is 6.08. The van der Waals surface area contributed by atoms with Crippen LogP contribution in [-0.2, 0) is 0 Å². The molecule has 0 fully saturated rings. The molecule has 0 unspecified atom stereocenters. The molecule has 1 aliphatic rings. The van der Waals surface area contributed by atoms with Crippen LogP contribution < -0.4 is 4.90 Å². The van der Waals surface area contributed by atoms with Crippen molar-refractivity contribution in [3.05, 3.63) is 108 Å². The molecule has 1 N–H and O–H groups in total. The molecule has 0 bridgehead atoms. The Bertz CT molecular complexity index is 1240. The number of anilines is 1. The average Bonchev–Trinajstić information content (AvgIpc) is 3.05. The van der Waals surface area contributed by atoms with Crippen LogP contribution in [0.15, 0.2) is 97.4 Å². The summed E-state index contributed by atoms with van der Waals surface area (Å²) in [6.07, 6.45) is 6.42. The van der Waals surface area contributed by atoms with Crippen LogP contribution in [0.25, 0.3) is 27.4 Å². The summed E-state index contributed by atoms with van der Waals surface area (Å²) < 4.78 is 0. The van der Waals surface area contributed by atoms with Gasteiger partial charge in [0.15, 0.2) is 0 Å². The van der Waals surface area contributed by atoms with Gasteiger partial charge < -0.3 is 9.88 Å². The maximum atomic E-state index is 4.31. The van der Waals surface area contributed by atoms with E-state index in [9.17, 15) is 0 Å². The van der Waals surface area contributed by atoms with E-state index in [2.05, 4.69) is 102 Å². The monoisotopic (exact) mass is 348 g/mol. The highest BCUT2D eigenvalue weighted by Gasteiger charge is 2.16. The predicted molar refractivity (Wildman–Crippen MR) is 116 cm³/mol. The minimum Gasteiger partial charge on any atom is -0.355 e. The van der Waals surface area contributed by atoms with Crippen LogP contribution in [0.2, 0.25) is 0 Å². The second kappa shape index (κ2) is 6.03. The standard InChI is InChI=1S/C25H20N2/c1-17-14-24-22(21-10-6-7-11-23(21)26-24)16-25(17)27-13-12-20(15-18(27)2)19-8-4-3-5-9-19/h3-16,26H,2H2,1H3. The first-order valence-corrected chi connectivity index (χ1v) is 9.15. The van der Waals surface area contributed by atoms with Gasteiger partial charge in [-0.1, -0.05) is 55.1 Å². The smallest absolute Gasteiger partial charge is 0.0492 e. The van der Waals surface area contributed by atoms with Gasteiger partial charge in [0.05, 0.1) is 0 Å². The first-order chi connectivity index (χ1) is 13.2. The van der Waals surface area contributed by atoms with Gasteiger partial charge in [0.2, 0.25) is 0 Å². The quantitative estimate of drug-likeness (QED) is 0.434. The lowest BCUT2D eigenvalue weighted by atomic mass is 10.0. The molecule has 0 saturated heterocycles. The van der Waals surface area contributed by atoms with Gasteiger partial charge in [-0.2, -0.15) is 0 Å².